The van der Waals surface area contributed by atoms with Gasteiger partial charge in [0.2, 0.25) is 0 Å². The number of anilines is 1. The van der Waals surface area contributed by atoms with Crippen LogP contribution in [-0.4, -0.2) is 98.9 Å². The number of hydrogen-bond acceptors (Lipinski definition) is 11. The Hall–Kier alpha value is -8.44. The van der Waals surface area contributed by atoms with Gasteiger partial charge in [-0.25, -0.2) is 0 Å². The van der Waals surface area contributed by atoms with E-state index in [4.69, 9.17) is 28.4 Å². The number of methoxy groups -OCH3 is 4. The van der Waals surface area contributed by atoms with Crippen molar-refractivity contribution in [3.63, 3.8) is 0 Å². The van der Waals surface area contributed by atoms with Crippen molar-refractivity contribution >= 4 is 38.1 Å². The largest absolute Gasteiger partial charge is 0.489 e. The van der Waals surface area contributed by atoms with Crippen LogP contribution in [0.3, 0.4) is 0 Å². The molecule has 2 aliphatic heterocycles. The van der Waals surface area contributed by atoms with Crippen molar-refractivity contribution in [1.29, 1.82) is 0 Å². The Bertz CT molecular complexity index is 4130. The van der Waals surface area contributed by atoms with Crippen LogP contribution >= 0.6 is 0 Å². The Kier molecular flexibility index (Phi) is 25.3. The number of hydrogen-bond donors (Lipinski definition) is 1. The molecule has 0 amide bonds. The summed E-state index contributed by atoms with van der Waals surface area (Å²) < 4.78 is 181. The van der Waals surface area contributed by atoms with Crippen LogP contribution in [0.15, 0.2) is 206 Å². The molecule has 8 aromatic carbocycles. The monoisotopic (exact) mass is 1420 g/mol. The van der Waals surface area contributed by atoms with Crippen LogP contribution in [0.2, 0.25) is 0 Å². The van der Waals surface area contributed by atoms with Gasteiger partial charge in [-0.1, -0.05) is 158 Å². The fourth-order valence-corrected chi connectivity index (χ4v) is 14.1. The average Bonchev–Trinajstić information content (AvgIpc) is 0.723. The van der Waals surface area contributed by atoms with E-state index in [9.17, 15) is 47.9 Å². The highest BCUT2D eigenvalue weighted by Gasteiger charge is 2.86. The van der Waals surface area contributed by atoms with Crippen molar-refractivity contribution < 1.29 is 80.5 Å². The number of fused-ring (bicyclic) bond motifs is 2. The lowest BCUT2D eigenvalue weighted by atomic mass is 9.79. The summed E-state index contributed by atoms with van der Waals surface area (Å²) in [5, 5.41) is -3.63. The fourth-order valence-electron chi connectivity index (χ4n) is 13.2. The van der Waals surface area contributed by atoms with Crippen LogP contribution in [0.4, 0.5) is 45.2 Å². The smallest absolute Gasteiger partial charge is 0.460 e. The molecule has 101 heavy (non-hydrogen) atoms. The molecule has 0 atom stereocenters. The molecule has 536 valence electrons. The van der Waals surface area contributed by atoms with Gasteiger partial charge in [-0.3, -0.25) is 0 Å². The number of piperidine rings is 2. The average molecular weight is 1420 g/mol. The van der Waals surface area contributed by atoms with E-state index in [1.807, 2.05) is 78.9 Å². The summed E-state index contributed by atoms with van der Waals surface area (Å²) in [6.07, 6.45) is 2.70. The maximum Gasteiger partial charge on any atom is 0.460 e. The molecule has 0 radical (unpaired) electrons. The van der Waals surface area contributed by atoms with Crippen molar-refractivity contribution in [2.45, 2.75) is 113 Å². The van der Waals surface area contributed by atoms with Gasteiger partial charge < -0.3 is 42.8 Å². The van der Waals surface area contributed by atoms with Gasteiger partial charge in [0.25, 0.3) is 0 Å². The zero-order valence-electron chi connectivity index (χ0n) is 56.7. The number of benzene rings is 8. The highest BCUT2D eigenvalue weighted by atomic mass is 32.2. The Labute approximate surface area is 585 Å². The normalized spacial score (nSPS) is 15.7. The standard InChI is InChI=1S/C38H41NO3.C33H23F9O4S.C9H19NO2/c1-40-37(41-2)25-28-21-23-39(24-22-28)33-16-13-31(14-17-33)38-35(30-11-7-4-8-12-30)19-15-32-26-34(18-20-36(32)38)42-27-29-9-5-3-6-10-29;34-30(35,32(38,39)40)31(36,37)33(41,42)47(43,44)46-25-14-11-23(12-15-25)29-27(22-9-5-2-6-10-22)17-13-24-19-26(16-18-28(24)29)45-20-21-7-3-1-4-8-21;1-11-9(12-2)7-8-3-5-10-6-4-8/h3-14,16-18,20,26,28,37H,15,19,21-25,27H2,1-2H3;1-12,14-16,18-19H,13,17,20H2;8-10H,3-7H2,1-2H3. The Morgan fingerprint density at radius 2 is 0.832 bits per heavy atom. The third-order valence-corrected chi connectivity index (χ3v) is 20.1. The maximum absolute atomic E-state index is 14.2. The van der Waals surface area contributed by atoms with Crippen molar-refractivity contribution in [3.8, 4) is 17.2 Å². The molecule has 4 aliphatic rings. The van der Waals surface area contributed by atoms with Gasteiger partial charge in [0.15, 0.2) is 12.6 Å². The minimum absolute atomic E-state index is 0.00639. The first-order valence-corrected chi connectivity index (χ1v) is 35.0. The summed E-state index contributed by atoms with van der Waals surface area (Å²) in [7, 11) is -0.208. The van der Waals surface area contributed by atoms with Crippen LogP contribution in [0.5, 0.6) is 17.2 Å². The maximum atomic E-state index is 14.2. The highest BCUT2D eigenvalue weighted by molar-refractivity contribution is 7.88. The summed E-state index contributed by atoms with van der Waals surface area (Å²) in [4.78, 5) is 2.52. The lowest BCUT2D eigenvalue weighted by Crippen LogP contribution is -2.63. The second kappa shape index (κ2) is 34.0. The first-order chi connectivity index (χ1) is 48.5. The lowest BCUT2D eigenvalue weighted by Gasteiger charge is -2.34. The zero-order chi connectivity index (χ0) is 71.8. The molecule has 0 bridgehead atoms. The van der Waals surface area contributed by atoms with E-state index in [-0.39, 0.29) is 12.6 Å². The Morgan fingerprint density at radius 1 is 0.446 bits per heavy atom. The van der Waals surface area contributed by atoms with Crippen LogP contribution < -0.4 is 23.9 Å². The van der Waals surface area contributed by atoms with E-state index < -0.39 is 39.1 Å². The molecule has 0 saturated carbocycles. The predicted molar refractivity (Wildman–Crippen MR) is 374 cm³/mol. The molecule has 1 N–H and O–H groups in total. The van der Waals surface area contributed by atoms with Crippen molar-refractivity contribution in [3.05, 3.63) is 262 Å². The summed E-state index contributed by atoms with van der Waals surface area (Å²) in [6, 6.07) is 65.2. The number of aryl methyl sites for hydroxylation is 2. The molecule has 8 aromatic rings. The molecular formula is C80H83F9N2O9S. The number of nitrogens with zero attached hydrogens (tertiary/aromatic N) is 1. The summed E-state index contributed by atoms with van der Waals surface area (Å²) in [6.45, 7) is 5.32. The van der Waals surface area contributed by atoms with E-state index in [2.05, 4.69) is 111 Å². The number of halogens is 9. The Morgan fingerprint density at radius 3 is 1.24 bits per heavy atom. The molecule has 21 heteroatoms. The second-order valence-electron chi connectivity index (χ2n) is 25.3. The predicted octanol–water partition coefficient (Wildman–Crippen LogP) is 18.7. The lowest BCUT2D eigenvalue weighted by molar-refractivity contribution is -0.382. The number of alkyl halides is 9. The van der Waals surface area contributed by atoms with E-state index >= 15 is 0 Å². The summed E-state index contributed by atoms with van der Waals surface area (Å²) >= 11 is 0. The molecule has 2 heterocycles. The molecular weight excluding hydrogens is 1340 g/mol. The molecule has 2 aliphatic carbocycles. The number of rotatable bonds is 24. The molecule has 11 nitrogen and oxygen atoms in total. The van der Waals surface area contributed by atoms with Gasteiger partial charge in [-0.15, -0.1) is 0 Å². The van der Waals surface area contributed by atoms with Gasteiger partial charge in [0.1, 0.15) is 30.5 Å². The van der Waals surface area contributed by atoms with Crippen LogP contribution in [-0.2, 0) is 55.1 Å². The first kappa shape index (κ1) is 75.2. The van der Waals surface area contributed by atoms with E-state index in [0.29, 0.717) is 48.9 Å². The molecule has 2 saturated heterocycles. The van der Waals surface area contributed by atoms with Gasteiger partial charge in [-0.2, -0.15) is 47.9 Å². The number of allylic oxidation sites excluding steroid dienone is 2. The number of ether oxygens (including phenoxy) is 6. The zero-order valence-corrected chi connectivity index (χ0v) is 57.5. The second-order valence-corrected chi connectivity index (χ2v) is 26.9. The Balaban J connectivity index is 0.000000188. The van der Waals surface area contributed by atoms with Gasteiger partial charge >= 0.3 is 33.4 Å². The van der Waals surface area contributed by atoms with Crippen molar-refractivity contribution in [2.24, 2.45) is 11.8 Å². The fraction of sp³-hybridized carbons (Fsp3) is 0.350. The minimum Gasteiger partial charge on any atom is -0.489 e. The quantitative estimate of drug-likeness (QED) is 0.0354. The topological polar surface area (TPSA) is 114 Å². The minimum atomic E-state index is -7.40. The third-order valence-electron chi connectivity index (χ3n) is 18.8. The van der Waals surface area contributed by atoms with E-state index in [1.165, 1.54) is 69.6 Å². The van der Waals surface area contributed by atoms with Crippen molar-refractivity contribution in [2.75, 3.05) is 59.5 Å². The first-order valence-electron chi connectivity index (χ1n) is 33.6. The van der Waals surface area contributed by atoms with Gasteiger partial charge in [0, 0.05) is 60.1 Å². The summed E-state index contributed by atoms with van der Waals surface area (Å²) in [5.74, 6) is -12.9. The van der Waals surface area contributed by atoms with Gasteiger partial charge in [0.05, 0.1) is 0 Å². The number of nitrogens with one attached hydrogen (secondary N) is 1. The molecule has 0 unspecified atom stereocenters. The van der Waals surface area contributed by atoms with Gasteiger partial charge in [-0.05, 0) is 203 Å². The van der Waals surface area contributed by atoms with Crippen LogP contribution in [0.1, 0.15) is 107 Å². The molecule has 0 aromatic heterocycles. The van der Waals surface area contributed by atoms with Crippen LogP contribution in [0, 0.1) is 11.8 Å². The van der Waals surface area contributed by atoms with Crippen molar-refractivity contribution in [1.82, 2.24) is 5.32 Å². The van der Waals surface area contributed by atoms with E-state index in [0.717, 1.165) is 116 Å². The molecule has 2 fully saturated rings. The van der Waals surface area contributed by atoms with Crippen LogP contribution in [0.25, 0.3) is 22.3 Å². The SMILES string of the molecule is COC(CC1CCN(c2ccc(C3=C(c4ccccc4)CCc4cc(OCc5ccccc5)ccc43)cc2)CC1)OC.COC(CC1CCNCC1)OC.O=S(=O)(Oc1ccc(C2=C(c3ccccc3)CCc3cc(OCc4ccccc4)ccc32)cc1)C(F)(F)C(F)(F)C(F)(F)C(F)(F)F. The third kappa shape index (κ3) is 18.3. The molecule has 0 spiro atoms. The van der Waals surface area contributed by atoms with E-state index in [1.54, 1.807) is 34.5 Å². The molecule has 12 rings (SSSR count). The highest BCUT2D eigenvalue weighted by Crippen LogP contribution is 2.55. The summed E-state index contributed by atoms with van der Waals surface area (Å²) in [5.41, 5.74) is 15.8.